The monoisotopic (exact) mass is 736 g/mol. The summed E-state index contributed by atoms with van der Waals surface area (Å²) in [5, 5.41) is 0.363. The Kier molecular flexibility index (Phi) is 10.0. The van der Waals surface area contributed by atoms with Crippen LogP contribution >= 0.6 is 11.3 Å². The molecule has 7 rings (SSSR count). The van der Waals surface area contributed by atoms with Crippen molar-refractivity contribution in [3.63, 3.8) is 0 Å². The molecule has 0 N–H and O–H groups in total. The molecule has 2 saturated heterocycles. The molecule has 3 aromatic heterocycles. The van der Waals surface area contributed by atoms with Gasteiger partial charge in [0.2, 0.25) is 27.5 Å². The third-order valence-electron chi connectivity index (χ3n) is 8.75. The molecular formula is C35H37FN6O7S2. The number of nitrogens with zero attached hydrogens (tertiary/aromatic N) is 6. The van der Waals surface area contributed by atoms with Crippen LogP contribution in [-0.4, -0.2) is 94.1 Å². The second-order valence-electron chi connectivity index (χ2n) is 12.6. The van der Waals surface area contributed by atoms with Crippen molar-refractivity contribution in [2.45, 2.75) is 50.5 Å². The molecule has 16 heteroatoms. The minimum Gasteiger partial charge on any atom is -0.481 e. The molecule has 0 unspecified atom stereocenters. The lowest BCUT2D eigenvalue weighted by Gasteiger charge is -2.35. The number of aromatic nitrogens is 4. The summed E-state index contributed by atoms with van der Waals surface area (Å²) in [5.74, 6) is -0.574. The molecule has 2 atom stereocenters. The van der Waals surface area contributed by atoms with E-state index in [0.717, 1.165) is 11.6 Å². The number of carbonyl (C=O) groups is 1. The van der Waals surface area contributed by atoms with Crippen LogP contribution in [0.2, 0.25) is 0 Å². The van der Waals surface area contributed by atoms with Gasteiger partial charge in [-0.2, -0.15) is 4.31 Å². The van der Waals surface area contributed by atoms with Gasteiger partial charge < -0.3 is 23.7 Å². The number of fused-ring (bicyclic) bond motifs is 1. The molecule has 0 radical (unpaired) electrons. The Morgan fingerprint density at radius 2 is 1.80 bits per heavy atom. The minimum absolute atomic E-state index is 0.0190. The Morgan fingerprint density at radius 1 is 1.06 bits per heavy atom. The molecule has 13 nitrogen and oxygen atoms in total. The average molecular weight is 737 g/mol. The number of sulfonamides is 1. The Labute approximate surface area is 297 Å². The first-order valence-electron chi connectivity index (χ1n) is 16.6. The number of morpholine rings is 2. The van der Waals surface area contributed by atoms with E-state index in [1.807, 2.05) is 44.2 Å². The number of rotatable bonds is 10. The Hall–Kier alpha value is -4.48. The predicted molar refractivity (Wildman–Crippen MR) is 187 cm³/mol. The maximum atomic E-state index is 14.4. The van der Waals surface area contributed by atoms with Gasteiger partial charge in [0.05, 0.1) is 30.3 Å². The minimum atomic E-state index is -3.99. The van der Waals surface area contributed by atoms with Crippen LogP contribution < -0.4 is 10.3 Å². The smallest absolute Gasteiger partial charge is 0.302 e. The van der Waals surface area contributed by atoms with Gasteiger partial charge in [-0.1, -0.05) is 36.4 Å². The topological polar surface area (TPSA) is 138 Å². The number of thiazole rings is 1. The van der Waals surface area contributed by atoms with Gasteiger partial charge in [0.1, 0.15) is 24.0 Å². The van der Waals surface area contributed by atoms with Gasteiger partial charge in [-0.25, -0.2) is 27.2 Å². The highest BCUT2D eigenvalue weighted by Gasteiger charge is 2.30. The first-order chi connectivity index (χ1) is 24.6. The number of benzene rings is 2. The molecule has 5 aromatic rings. The lowest BCUT2D eigenvalue weighted by Crippen LogP contribution is -2.49. The van der Waals surface area contributed by atoms with Crippen LogP contribution in [0.4, 0.5) is 4.39 Å². The third-order valence-corrected chi connectivity index (χ3v) is 11.7. The summed E-state index contributed by atoms with van der Waals surface area (Å²) in [6, 6.07) is 13.1. The predicted octanol–water partition coefficient (Wildman–Crippen LogP) is 3.59. The third kappa shape index (κ3) is 7.46. The number of imidazole rings is 1. The van der Waals surface area contributed by atoms with E-state index in [4.69, 9.17) is 19.2 Å². The van der Waals surface area contributed by atoms with Gasteiger partial charge in [-0.05, 0) is 37.1 Å². The van der Waals surface area contributed by atoms with Gasteiger partial charge in [0.25, 0.3) is 0 Å². The molecule has 0 bridgehead atoms. The molecule has 5 heterocycles. The maximum Gasteiger partial charge on any atom is 0.302 e. The van der Waals surface area contributed by atoms with Crippen molar-refractivity contribution in [3.05, 3.63) is 99.3 Å². The Morgan fingerprint density at radius 3 is 2.55 bits per heavy atom. The second kappa shape index (κ2) is 14.6. The number of carbonyl (C=O) groups excluding carboxylic acids is 1. The molecule has 2 fully saturated rings. The molecule has 51 heavy (non-hydrogen) atoms. The van der Waals surface area contributed by atoms with E-state index in [1.165, 1.54) is 32.2 Å². The summed E-state index contributed by atoms with van der Waals surface area (Å²) < 4.78 is 63.1. The molecule has 2 aliphatic heterocycles. The van der Waals surface area contributed by atoms with Crippen molar-refractivity contribution >= 4 is 33.0 Å². The van der Waals surface area contributed by atoms with Crippen LogP contribution in [0.3, 0.4) is 0 Å². The maximum absolute atomic E-state index is 14.4. The van der Waals surface area contributed by atoms with E-state index < -0.39 is 21.4 Å². The largest absolute Gasteiger partial charge is 0.481 e. The summed E-state index contributed by atoms with van der Waals surface area (Å²) in [4.78, 5) is 39.1. The molecule has 268 valence electrons. The highest BCUT2D eigenvalue weighted by Crippen LogP contribution is 2.33. The fourth-order valence-electron chi connectivity index (χ4n) is 6.34. The number of hydrogen-bond acceptors (Lipinski definition) is 10. The summed E-state index contributed by atoms with van der Waals surface area (Å²) >= 11 is 1.22. The molecule has 1 amide bonds. The van der Waals surface area contributed by atoms with E-state index in [0.29, 0.717) is 28.5 Å². The lowest BCUT2D eigenvalue weighted by molar-refractivity contribution is -0.143. The van der Waals surface area contributed by atoms with Crippen molar-refractivity contribution in [2.24, 2.45) is 0 Å². The Balaban J connectivity index is 1.23. The number of halogens is 1. The zero-order chi connectivity index (χ0) is 35.7. The fourth-order valence-corrected chi connectivity index (χ4v) is 8.90. The van der Waals surface area contributed by atoms with Gasteiger partial charge in [0, 0.05) is 56.1 Å². The molecule has 2 aromatic carbocycles. The van der Waals surface area contributed by atoms with Crippen LogP contribution in [0.1, 0.15) is 29.9 Å². The number of amides is 1. The normalized spacial score (nSPS) is 18.7. The van der Waals surface area contributed by atoms with E-state index >= 15 is 0 Å². The highest BCUT2D eigenvalue weighted by atomic mass is 32.2. The van der Waals surface area contributed by atoms with Crippen LogP contribution in [0.5, 0.6) is 5.75 Å². The van der Waals surface area contributed by atoms with Crippen molar-refractivity contribution < 1.29 is 31.8 Å². The van der Waals surface area contributed by atoms with Crippen LogP contribution in [0.25, 0.3) is 16.5 Å². The van der Waals surface area contributed by atoms with Crippen molar-refractivity contribution in [1.29, 1.82) is 0 Å². The summed E-state index contributed by atoms with van der Waals surface area (Å²) in [5.41, 5.74) is 0.963. The summed E-state index contributed by atoms with van der Waals surface area (Å²) in [6.45, 7) is 5.70. The molecule has 2 aliphatic rings. The fraction of sp³-hybridized carbons (Fsp3) is 0.371. The van der Waals surface area contributed by atoms with E-state index in [1.54, 1.807) is 28.1 Å². The van der Waals surface area contributed by atoms with Gasteiger partial charge in [0.15, 0.2) is 5.69 Å². The standard InChI is InChI=1S/C35H37FN6O7S2/c1-23-19-40(20-24(2)49-23)30(43)21-39-10-11-42-34(44)32(48-22-25-6-4-3-5-7-25)31(38-35(39)42)33-37-18-28(50-33)16-26-8-9-27(36)17-29(26)51(45,46)41-12-14-47-15-13-41/h3-11,17-18,23-24H,12-16,19-22H2,1-2H3/t23-,24-/m0/s1. The second-order valence-corrected chi connectivity index (χ2v) is 15.6. The molecule has 0 spiro atoms. The van der Waals surface area contributed by atoms with Gasteiger partial charge in [-0.3, -0.25) is 9.59 Å². The zero-order valence-corrected chi connectivity index (χ0v) is 29.7. The summed E-state index contributed by atoms with van der Waals surface area (Å²) in [6.07, 6.45) is 4.72. The van der Waals surface area contributed by atoms with Crippen molar-refractivity contribution in [2.75, 3.05) is 39.4 Å². The average Bonchev–Trinajstić information content (AvgIpc) is 3.76. The first-order valence-corrected chi connectivity index (χ1v) is 18.9. The van der Waals surface area contributed by atoms with E-state index in [9.17, 15) is 22.4 Å². The van der Waals surface area contributed by atoms with Crippen molar-refractivity contribution in [1.82, 2.24) is 28.1 Å². The van der Waals surface area contributed by atoms with Crippen molar-refractivity contribution in [3.8, 4) is 16.5 Å². The van der Waals surface area contributed by atoms with E-state index in [-0.39, 0.29) is 86.1 Å². The number of hydrogen-bond donors (Lipinski definition) is 0. The SMILES string of the molecule is C[C@H]1CN(C(=O)Cn2ccn3c(=O)c(OCc4ccccc4)c(-c4ncc(Cc5ccc(F)cc5S(=O)(=O)N5CCOCC5)s4)nc23)C[C@H](C)O1. The Bertz CT molecular complexity index is 2210. The van der Waals surface area contributed by atoms with Gasteiger partial charge >= 0.3 is 5.56 Å². The molecule has 0 aliphatic carbocycles. The number of ether oxygens (including phenoxy) is 3. The lowest BCUT2D eigenvalue weighted by atomic mass is 10.1. The molecule has 0 saturated carbocycles. The molecular weight excluding hydrogens is 700 g/mol. The first kappa shape index (κ1) is 34.9. The summed E-state index contributed by atoms with van der Waals surface area (Å²) in [7, 11) is -3.99. The van der Waals surface area contributed by atoms with E-state index in [2.05, 4.69) is 4.98 Å². The zero-order valence-electron chi connectivity index (χ0n) is 28.1. The van der Waals surface area contributed by atoms with Crippen LogP contribution in [-0.2, 0) is 43.9 Å². The van der Waals surface area contributed by atoms with Crippen LogP contribution in [0, 0.1) is 5.82 Å². The quantitative estimate of drug-likeness (QED) is 0.211. The van der Waals surface area contributed by atoms with Crippen LogP contribution in [0.15, 0.2) is 76.8 Å². The van der Waals surface area contributed by atoms with Gasteiger partial charge in [-0.15, -0.1) is 11.3 Å². The highest BCUT2D eigenvalue weighted by molar-refractivity contribution is 7.89.